The van der Waals surface area contributed by atoms with Gasteiger partial charge in [0.2, 0.25) is 0 Å². The van der Waals surface area contributed by atoms with Gasteiger partial charge in [-0.05, 0) is 13.2 Å². The molecule has 0 saturated carbocycles. The monoisotopic (exact) mass is 252 g/mol. The molecular formula is C12H20N4S. The molecule has 17 heavy (non-hydrogen) atoms. The van der Waals surface area contributed by atoms with Gasteiger partial charge in [0.25, 0.3) is 0 Å². The first-order valence-electron chi connectivity index (χ1n) is 5.26. The molecule has 94 valence electrons. The van der Waals surface area contributed by atoms with Crippen LogP contribution < -0.4 is 5.73 Å². The second-order valence-corrected chi connectivity index (χ2v) is 3.80. The van der Waals surface area contributed by atoms with Crippen LogP contribution in [0.25, 0.3) is 0 Å². The van der Waals surface area contributed by atoms with Crippen molar-refractivity contribution in [1.29, 1.82) is 0 Å². The van der Waals surface area contributed by atoms with Crippen LogP contribution in [0.3, 0.4) is 0 Å². The zero-order valence-electron chi connectivity index (χ0n) is 10.6. The van der Waals surface area contributed by atoms with E-state index in [4.69, 9.17) is 5.73 Å². The molecule has 0 fully saturated rings. The highest BCUT2D eigenvalue weighted by atomic mass is 32.2. The van der Waals surface area contributed by atoms with Gasteiger partial charge in [0.1, 0.15) is 6.34 Å². The molecule has 5 heteroatoms. The largest absolute Gasteiger partial charge is 0.388 e. The number of aliphatic imine (C=N–C) groups is 1. The minimum atomic E-state index is 0.749. The molecule has 0 spiro atoms. The molecule has 0 amide bonds. The second kappa shape index (κ2) is 9.72. The summed E-state index contributed by atoms with van der Waals surface area (Å²) in [6, 6.07) is 0. The van der Waals surface area contributed by atoms with Crippen molar-refractivity contribution in [2.45, 2.75) is 6.92 Å². The van der Waals surface area contributed by atoms with E-state index in [9.17, 15) is 0 Å². The predicted molar refractivity (Wildman–Crippen MR) is 79.4 cm³/mol. The first-order chi connectivity index (χ1) is 8.19. The predicted octanol–water partition coefficient (Wildman–Crippen LogP) is 2.23. The molecule has 4 nitrogen and oxygen atoms in total. The van der Waals surface area contributed by atoms with Gasteiger partial charge in [-0.2, -0.15) is 5.10 Å². The van der Waals surface area contributed by atoms with Crippen molar-refractivity contribution in [3.05, 3.63) is 36.6 Å². The summed E-state index contributed by atoms with van der Waals surface area (Å²) in [4.78, 5) is 4.43. The van der Waals surface area contributed by atoms with Crippen LogP contribution in [0.1, 0.15) is 6.92 Å². The van der Waals surface area contributed by atoms with Crippen molar-refractivity contribution < 1.29 is 0 Å². The van der Waals surface area contributed by atoms with Crippen molar-refractivity contribution in [2.24, 2.45) is 15.8 Å². The molecule has 0 rings (SSSR count). The Morgan fingerprint density at radius 2 is 2.24 bits per heavy atom. The Hall–Kier alpha value is -1.49. The van der Waals surface area contributed by atoms with Crippen LogP contribution in [0.2, 0.25) is 0 Å². The number of allylic oxidation sites excluding steroid dienone is 3. The normalized spacial score (nSPS) is 13.6. The summed E-state index contributed by atoms with van der Waals surface area (Å²) in [5, 5.41) is 6.54. The molecule has 0 heterocycles. The fourth-order valence-corrected chi connectivity index (χ4v) is 1.71. The molecular weight excluding hydrogens is 232 g/mol. The van der Waals surface area contributed by atoms with Crippen LogP contribution in [-0.4, -0.2) is 36.2 Å². The molecule has 0 unspecified atom stereocenters. The third-order valence-electron chi connectivity index (χ3n) is 1.73. The molecule has 0 aliphatic carbocycles. The van der Waals surface area contributed by atoms with Crippen molar-refractivity contribution in [3.63, 3.8) is 0 Å². The molecule has 0 aromatic rings. The van der Waals surface area contributed by atoms with Gasteiger partial charge in [-0.25, -0.2) is 0 Å². The lowest BCUT2D eigenvalue weighted by Crippen LogP contribution is -2.08. The van der Waals surface area contributed by atoms with E-state index in [-0.39, 0.29) is 0 Å². The minimum absolute atomic E-state index is 0.749. The summed E-state index contributed by atoms with van der Waals surface area (Å²) in [6.07, 6.45) is 10.7. The smallest absolute Gasteiger partial charge is 0.106 e. The van der Waals surface area contributed by atoms with E-state index in [2.05, 4.69) is 16.7 Å². The Balaban J connectivity index is 5.17. The average Bonchev–Trinajstić information content (AvgIpc) is 2.32. The maximum absolute atomic E-state index is 5.24. The van der Waals surface area contributed by atoms with Gasteiger partial charge in [-0.15, -0.1) is 11.8 Å². The molecule has 0 aromatic carbocycles. The summed E-state index contributed by atoms with van der Waals surface area (Å²) < 4.78 is 0. The SMILES string of the molecule is C=C/C=C/C(=C\N(C)N=CN)C(=NCC)SC. The number of hydrogen-bond donors (Lipinski definition) is 1. The molecule has 2 N–H and O–H groups in total. The van der Waals surface area contributed by atoms with Crippen LogP contribution in [0.5, 0.6) is 0 Å². The van der Waals surface area contributed by atoms with E-state index in [0.717, 1.165) is 17.2 Å². The summed E-state index contributed by atoms with van der Waals surface area (Å²) >= 11 is 1.60. The molecule has 0 aliphatic heterocycles. The van der Waals surface area contributed by atoms with Gasteiger partial charge in [0, 0.05) is 25.4 Å². The highest BCUT2D eigenvalue weighted by Crippen LogP contribution is 2.12. The Bertz CT molecular complexity index is 342. The van der Waals surface area contributed by atoms with E-state index in [1.54, 1.807) is 22.8 Å². The van der Waals surface area contributed by atoms with Crippen LogP contribution in [0, 0.1) is 0 Å². The standard InChI is InChI=1S/C12H20N4S/c1-5-7-8-11(9-16(3)15-10-13)12(17-4)14-6-2/h5,7-10H,1,6H2,2-4H3,(H2,13,15)/b8-7+,11-9+,14-12?. The van der Waals surface area contributed by atoms with Gasteiger partial charge >= 0.3 is 0 Å². The summed E-state index contributed by atoms with van der Waals surface area (Å²) in [5.74, 6) is 0. The van der Waals surface area contributed by atoms with Gasteiger partial charge in [-0.3, -0.25) is 10.0 Å². The molecule has 0 atom stereocenters. The lowest BCUT2D eigenvalue weighted by molar-refractivity contribution is 0.491. The highest BCUT2D eigenvalue weighted by Gasteiger charge is 2.03. The third kappa shape index (κ3) is 6.63. The highest BCUT2D eigenvalue weighted by molar-refractivity contribution is 8.13. The Morgan fingerprint density at radius 1 is 1.53 bits per heavy atom. The lowest BCUT2D eigenvalue weighted by atomic mass is 10.2. The maximum atomic E-state index is 5.24. The van der Waals surface area contributed by atoms with Crippen LogP contribution >= 0.6 is 11.8 Å². The zero-order chi connectivity index (χ0) is 13.1. The maximum Gasteiger partial charge on any atom is 0.106 e. The Morgan fingerprint density at radius 3 is 2.71 bits per heavy atom. The second-order valence-electron chi connectivity index (χ2n) is 3.00. The van der Waals surface area contributed by atoms with Crippen molar-refractivity contribution >= 4 is 23.1 Å². The van der Waals surface area contributed by atoms with Gasteiger partial charge in [-0.1, -0.05) is 24.8 Å². The topological polar surface area (TPSA) is 54.0 Å². The number of hydrazone groups is 1. The van der Waals surface area contributed by atoms with E-state index in [1.165, 1.54) is 6.34 Å². The number of nitrogens with two attached hydrogens (primary N) is 1. The van der Waals surface area contributed by atoms with Crippen molar-refractivity contribution in [1.82, 2.24) is 5.01 Å². The fraction of sp³-hybridized carbons (Fsp3) is 0.333. The Kier molecular flexibility index (Phi) is 8.86. The van der Waals surface area contributed by atoms with E-state index >= 15 is 0 Å². The van der Waals surface area contributed by atoms with Crippen molar-refractivity contribution in [3.8, 4) is 0 Å². The summed E-state index contributed by atoms with van der Waals surface area (Å²) in [6.45, 7) is 6.41. The van der Waals surface area contributed by atoms with Gasteiger partial charge in [0.15, 0.2) is 0 Å². The van der Waals surface area contributed by atoms with Crippen LogP contribution in [0.15, 0.2) is 46.7 Å². The number of thioether (sulfide) groups is 1. The number of nitrogens with zero attached hydrogens (tertiary/aromatic N) is 3. The number of hydrogen-bond acceptors (Lipinski definition) is 4. The minimum Gasteiger partial charge on any atom is -0.388 e. The summed E-state index contributed by atoms with van der Waals surface area (Å²) in [5.41, 5.74) is 6.22. The Labute approximate surface area is 108 Å². The molecule has 0 saturated heterocycles. The average molecular weight is 252 g/mol. The van der Waals surface area contributed by atoms with E-state index < -0.39 is 0 Å². The van der Waals surface area contributed by atoms with Crippen molar-refractivity contribution in [2.75, 3.05) is 19.8 Å². The zero-order valence-corrected chi connectivity index (χ0v) is 11.4. The van der Waals surface area contributed by atoms with E-state index in [0.29, 0.717) is 0 Å². The molecule has 0 aliphatic rings. The molecule has 0 aromatic heterocycles. The van der Waals surface area contributed by atoms with E-state index in [1.807, 2.05) is 38.6 Å². The van der Waals surface area contributed by atoms with Crippen LogP contribution in [0.4, 0.5) is 0 Å². The third-order valence-corrected chi connectivity index (χ3v) is 2.48. The lowest BCUT2D eigenvalue weighted by Gasteiger charge is -2.10. The fourth-order valence-electron chi connectivity index (χ4n) is 1.10. The van der Waals surface area contributed by atoms with Gasteiger partial charge in [0.05, 0.1) is 5.04 Å². The summed E-state index contributed by atoms with van der Waals surface area (Å²) in [7, 11) is 1.81. The first-order valence-corrected chi connectivity index (χ1v) is 6.48. The van der Waals surface area contributed by atoms with Gasteiger partial charge < -0.3 is 5.73 Å². The first kappa shape index (κ1) is 15.5. The quantitative estimate of drug-likeness (QED) is 0.341. The molecule has 0 bridgehead atoms. The molecule has 0 radical (unpaired) electrons. The number of rotatable bonds is 6. The van der Waals surface area contributed by atoms with Crippen LogP contribution in [-0.2, 0) is 0 Å².